The zero-order valence-corrected chi connectivity index (χ0v) is 12.0. The van der Waals surface area contributed by atoms with Gasteiger partial charge in [-0.25, -0.2) is 0 Å². The Morgan fingerprint density at radius 1 is 1.28 bits per heavy atom. The van der Waals surface area contributed by atoms with E-state index in [1.54, 1.807) is 0 Å². The largest absolute Gasteiger partial charge is 0.379 e. The van der Waals surface area contributed by atoms with Gasteiger partial charge in [-0.2, -0.15) is 0 Å². The molecule has 2 saturated heterocycles. The maximum Gasteiger partial charge on any atom is 0.0594 e. The third kappa shape index (κ3) is 3.44. The van der Waals surface area contributed by atoms with E-state index in [9.17, 15) is 0 Å². The Kier molecular flexibility index (Phi) is 5.01. The lowest BCUT2D eigenvalue weighted by atomic mass is 9.87. The third-order valence-corrected chi connectivity index (χ3v) is 4.76. The lowest BCUT2D eigenvalue weighted by molar-refractivity contribution is 0.0177. The van der Waals surface area contributed by atoms with Gasteiger partial charge < -0.3 is 15.4 Å². The molecule has 2 rings (SSSR count). The molecule has 0 aromatic heterocycles. The molecular formula is C14H29N3O. The first-order chi connectivity index (χ1) is 8.67. The number of nitrogens with zero attached hydrogens (tertiary/aromatic N) is 2. The van der Waals surface area contributed by atoms with Crippen LogP contribution in [0.4, 0.5) is 0 Å². The predicted molar refractivity (Wildman–Crippen MR) is 74.7 cm³/mol. The maximum absolute atomic E-state index is 5.92. The van der Waals surface area contributed by atoms with Gasteiger partial charge in [-0.05, 0) is 31.3 Å². The molecule has 0 amide bonds. The van der Waals surface area contributed by atoms with Crippen molar-refractivity contribution in [2.24, 2.45) is 11.1 Å². The summed E-state index contributed by atoms with van der Waals surface area (Å²) in [6.07, 6.45) is 2.48. The van der Waals surface area contributed by atoms with Crippen LogP contribution in [0.5, 0.6) is 0 Å². The summed E-state index contributed by atoms with van der Waals surface area (Å²) < 4.78 is 5.43. The summed E-state index contributed by atoms with van der Waals surface area (Å²) in [7, 11) is 0. The second kappa shape index (κ2) is 6.33. The van der Waals surface area contributed by atoms with E-state index in [1.165, 1.54) is 25.9 Å². The van der Waals surface area contributed by atoms with Crippen LogP contribution in [0.3, 0.4) is 0 Å². The molecule has 2 N–H and O–H groups in total. The Morgan fingerprint density at radius 2 is 2.00 bits per heavy atom. The summed E-state index contributed by atoms with van der Waals surface area (Å²) in [6, 6.07) is 0.743. The van der Waals surface area contributed by atoms with E-state index >= 15 is 0 Å². The number of ether oxygens (including phenoxy) is 1. The van der Waals surface area contributed by atoms with Gasteiger partial charge >= 0.3 is 0 Å². The predicted octanol–water partition coefficient (Wildman–Crippen LogP) is 0.768. The molecule has 0 radical (unpaired) electrons. The average Bonchev–Trinajstić information content (AvgIpc) is 2.88. The Bertz CT molecular complexity index is 249. The van der Waals surface area contributed by atoms with Crippen LogP contribution in [-0.4, -0.2) is 68.3 Å². The van der Waals surface area contributed by atoms with Crippen molar-refractivity contribution >= 4 is 0 Å². The highest BCUT2D eigenvalue weighted by Crippen LogP contribution is 2.25. The maximum atomic E-state index is 5.92. The van der Waals surface area contributed by atoms with Crippen molar-refractivity contribution in [2.45, 2.75) is 32.7 Å². The number of nitrogens with two attached hydrogens (primary N) is 1. The minimum atomic E-state index is 0.292. The van der Waals surface area contributed by atoms with Crippen LogP contribution in [0.25, 0.3) is 0 Å². The molecule has 0 aromatic carbocycles. The van der Waals surface area contributed by atoms with E-state index < -0.39 is 0 Å². The summed E-state index contributed by atoms with van der Waals surface area (Å²) in [5, 5.41) is 0. The van der Waals surface area contributed by atoms with Gasteiger partial charge in [0.05, 0.1) is 13.2 Å². The van der Waals surface area contributed by atoms with Crippen LogP contribution in [0.15, 0.2) is 0 Å². The molecule has 106 valence electrons. The van der Waals surface area contributed by atoms with Crippen molar-refractivity contribution in [3.05, 3.63) is 0 Å². The van der Waals surface area contributed by atoms with E-state index in [1.807, 2.05) is 0 Å². The molecule has 18 heavy (non-hydrogen) atoms. The van der Waals surface area contributed by atoms with Crippen molar-refractivity contribution in [2.75, 3.05) is 52.5 Å². The molecule has 2 aliphatic rings. The smallest absolute Gasteiger partial charge is 0.0594 e. The number of likely N-dealkylation sites (tertiary alicyclic amines) is 1. The van der Waals surface area contributed by atoms with E-state index in [2.05, 4.69) is 23.6 Å². The Labute approximate surface area is 111 Å². The Balaban J connectivity index is 1.80. The molecule has 2 fully saturated rings. The van der Waals surface area contributed by atoms with Gasteiger partial charge in [0.1, 0.15) is 0 Å². The molecule has 0 spiro atoms. The first-order valence-electron chi connectivity index (χ1n) is 7.41. The SMILES string of the molecule is CCC(C)(CN)CN1CCC(N2CCOCC2)C1. The molecule has 2 aliphatic heterocycles. The summed E-state index contributed by atoms with van der Waals surface area (Å²) in [6.45, 7) is 13.0. The van der Waals surface area contributed by atoms with Crippen molar-refractivity contribution in [1.82, 2.24) is 9.80 Å². The molecule has 0 saturated carbocycles. The van der Waals surface area contributed by atoms with Gasteiger partial charge in [0, 0.05) is 32.2 Å². The van der Waals surface area contributed by atoms with E-state index in [4.69, 9.17) is 10.5 Å². The van der Waals surface area contributed by atoms with E-state index in [0.717, 1.165) is 45.4 Å². The Morgan fingerprint density at radius 3 is 2.61 bits per heavy atom. The van der Waals surface area contributed by atoms with Gasteiger partial charge in [0.2, 0.25) is 0 Å². The zero-order chi connectivity index (χ0) is 13.0. The lowest BCUT2D eigenvalue weighted by Gasteiger charge is -2.34. The molecule has 0 aromatic rings. The van der Waals surface area contributed by atoms with Gasteiger partial charge in [0.15, 0.2) is 0 Å². The highest BCUT2D eigenvalue weighted by atomic mass is 16.5. The fourth-order valence-electron chi connectivity index (χ4n) is 3.06. The van der Waals surface area contributed by atoms with Crippen LogP contribution >= 0.6 is 0 Å². The first-order valence-corrected chi connectivity index (χ1v) is 7.41. The van der Waals surface area contributed by atoms with Crippen molar-refractivity contribution in [3.8, 4) is 0 Å². The minimum Gasteiger partial charge on any atom is -0.379 e. The number of hydrogen-bond acceptors (Lipinski definition) is 4. The monoisotopic (exact) mass is 255 g/mol. The second-order valence-corrected chi connectivity index (χ2v) is 6.19. The van der Waals surface area contributed by atoms with Gasteiger partial charge in [-0.1, -0.05) is 13.8 Å². The normalized spacial score (nSPS) is 30.5. The van der Waals surface area contributed by atoms with E-state index in [0.29, 0.717) is 5.41 Å². The van der Waals surface area contributed by atoms with Crippen LogP contribution in [0.1, 0.15) is 26.7 Å². The van der Waals surface area contributed by atoms with Gasteiger partial charge in [-0.3, -0.25) is 4.90 Å². The standard InChI is InChI=1S/C14H29N3O/c1-3-14(2,11-15)12-16-5-4-13(10-16)17-6-8-18-9-7-17/h13H,3-12,15H2,1-2H3. The fourth-order valence-corrected chi connectivity index (χ4v) is 3.06. The molecule has 4 nitrogen and oxygen atoms in total. The number of rotatable bonds is 5. The first kappa shape index (κ1) is 14.3. The van der Waals surface area contributed by atoms with Crippen LogP contribution in [0, 0.1) is 5.41 Å². The highest BCUT2D eigenvalue weighted by molar-refractivity contribution is 4.88. The molecule has 4 heteroatoms. The Hall–Kier alpha value is -0.160. The topological polar surface area (TPSA) is 41.7 Å². The van der Waals surface area contributed by atoms with Crippen LogP contribution in [-0.2, 0) is 4.74 Å². The molecule has 2 atom stereocenters. The molecule has 0 aliphatic carbocycles. The quantitative estimate of drug-likeness (QED) is 0.788. The van der Waals surface area contributed by atoms with Crippen LogP contribution in [0.2, 0.25) is 0 Å². The molecule has 0 bridgehead atoms. The molecule has 2 unspecified atom stereocenters. The summed E-state index contributed by atoms with van der Waals surface area (Å²) in [4.78, 5) is 5.21. The van der Waals surface area contributed by atoms with E-state index in [-0.39, 0.29) is 0 Å². The minimum absolute atomic E-state index is 0.292. The highest BCUT2D eigenvalue weighted by Gasteiger charge is 2.32. The lowest BCUT2D eigenvalue weighted by Crippen LogP contribution is -2.46. The average molecular weight is 255 g/mol. The van der Waals surface area contributed by atoms with Gasteiger partial charge in [0.25, 0.3) is 0 Å². The second-order valence-electron chi connectivity index (χ2n) is 6.19. The summed E-state index contributed by atoms with van der Waals surface area (Å²) >= 11 is 0. The van der Waals surface area contributed by atoms with Crippen LogP contribution < -0.4 is 5.73 Å². The fraction of sp³-hybridized carbons (Fsp3) is 1.00. The molecule has 2 heterocycles. The zero-order valence-electron chi connectivity index (χ0n) is 12.0. The van der Waals surface area contributed by atoms with Gasteiger partial charge in [-0.15, -0.1) is 0 Å². The van der Waals surface area contributed by atoms with Crippen molar-refractivity contribution in [1.29, 1.82) is 0 Å². The summed E-state index contributed by atoms with van der Waals surface area (Å²) in [5.74, 6) is 0. The third-order valence-electron chi connectivity index (χ3n) is 4.76. The summed E-state index contributed by atoms with van der Waals surface area (Å²) in [5.41, 5.74) is 6.21. The number of hydrogen-bond donors (Lipinski definition) is 1. The van der Waals surface area contributed by atoms with Crippen molar-refractivity contribution in [3.63, 3.8) is 0 Å². The van der Waals surface area contributed by atoms with Crippen molar-refractivity contribution < 1.29 is 4.74 Å². The molecular weight excluding hydrogens is 226 g/mol. The number of morpholine rings is 1.